The zero-order chi connectivity index (χ0) is 14.8. The molecular weight excluding hydrogens is 322 g/mol. The number of hydrogen-bond donors (Lipinski definition) is 1. The van der Waals surface area contributed by atoms with Crippen LogP contribution in [0.4, 0.5) is 0 Å². The lowest BCUT2D eigenvalue weighted by Gasteiger charge is -2.20. The van der Waals surface area contributed by atoms with Crippen molar-refractivity contribution in [3.05, 3.63) is 81.8 Å². The molecule has 1 N–H and O–H groups in total. The summed E-state index contributed by atoms with van der Waals surface area (Å²) in [5.74, 6) is 0. The first-order valence-electron chi connectivity index (χ1n) is 7.11. The highest BCUT2D eigenvalue weighted by Crippen LogP contribution is 2.30. The molecular formula is C19H18BrN. The molecule has 1 atom stereocenters. The van der Waals surface area contributed by atoms with Crippen LogP contribution in [0.1, 0.15) is 22.7 Å². The van der Waals surface area contributed by atoms with Crippen LogP contribution >= 0.6 is 15.9 Å². The largest absolute Gasteiger partial charge is 0.309 e. The van der Waals surface area contributed by atoms with E-state index in [0.717, 1.165) is 4.47 Å². The van der Waals surface area contributed by atoms with E-state index in [1.807, 2.05) is 7.05 Å². The van der Waals surface area contributed by atoms with E-state index >= 15 is 0 Å². The van der Waals surface area contributed by atoms with E-state index in [1.54, 1.807) is 0 Å². The molecule has 0 aromatic heterocycles. The van der Waals surface area contributed by atoms with Gasteiger partial charge in [0.2, 0.25) is 0 Å². The third-order valence-electron chi connectivity index (χ3n) is 4.02. The van der Waals surface area contributed by atoms with E-state index in [9.17, 15) is 0 Å². The molecule has 0 saturated heterocycles. The Hall–Kier alpha value is -1.64. The van der Waals surface area contributed by atoms with Gasteiger partial charge in [-0.05, 0) is 53.6 Å². The van der Waals surface area contributed by atoms with Crippen molar-refractivity contribution in [2.24, 2.45) is 0 Å². The van der Waals surface area contributed by atoms with Crippen molar-refractivity contribution in [1.29, 1.82) is 0 Å². The lowest BCUT2D eigenvalue weighted by atomic mass is 9.93. The Kier molecular flexibility index (Phi) is 4.09. The van der Waals surface area contributed by atoms with E-state index < -0.39 is 0 Å². The monoisotopic (exact) mass is 339 g/mol. The second kappa shape index (κ2) is 6.00. The zero-order valence-electron chi connectivity index (χ0n) is 12.2. The molecule has 3 aromatic rings. The summed E-state index contributed by atoms with van der Waals surface area (Å²) in [4.78, 5) is 0. The van der Waals surface area contributed by atoms with Crippen LogP contribution in [0.5, 0.6) is 0 Å². The summed E-state index contributed by atoms with van der Waals surface area (Å²) in [6.07, 6.45) is 0. The van der Waals surface area contributed by atoms with E-state index in [2.05, 4.69) is 88.8 Å². The van der Waals surface area contributed by atoms with Crippen LogP contribution in [0.2, 0.25) is 0 Å². The normalized spacial score (nSPS) is 12.5. The van der Waals surface area contributed by atoms with Crippen molar-refractivity contribution in [3.8, 4) is 0 Å². The Labute approximate surface area is 134 Å². The third kappa shape index (κ3) is 2.74. The Balaban J connectivity index is 2.11. The first-order valence-corrected chi connectivity index (χ1v) is 7.91. The fourth-order valence-electron chi connectivity index (χ4n) is 2.83. The summed E-state index contributed by atoms with van der Waals surface area (Å²) >= 11 is 3.63. The third-order valence-corrected chi connectivity index (χ3v) is 4.88. The Bertz CT molecular complexity index is 779. The van der Waals surface area contributed by atoms with Gasteiger partial charge in [-0.15, -0.1) is 0 Å². The van der Waals surface area contributed by atoms with Gasteiger partial charge in [-0.2, -0.15) is 0 Å². The van der Waals surface area contributed by atoms with Gasteiger partial charge >= 0.3 is 0 Å². The maximum absolute atomic E-state index is 3.63. The number of hydrogen-bond acceptors (Lipinski definition) is 1. The van der Waals surface area contributed by atoms with E-state index in [0.29, 0.717) is 0 Å². The van der Waals surface area contributed by atoms with Gasteiger partial charge in [0.25, 0.3) is 0 Å². The fraction of sp³-hybridized carbons (Fsp3) is 0.158. The number of rotatable bonds is 3. The summed E-state index contributed by atoms with van der Waals surface area (Å²) in [5.41, 5.74) is 3.88. The summed E-state index contributed by atoms with van der Waals surface area (Å²) in [7, 11) is 2.01. The molecule has 0 aliphatic rings. The highest BCUT2D eigenvalue weighted by molar-refractivity contribution is 9.10. The lowest BCUT2D eigenvalue weighted by Crippen LogP contribution is -2.18. The van der Waals surface area contributed by atoms with Gasteiger partial charge in [0.1, 0.15) is 0 Å². The summed E-state index contributed by atoms with van der Waals surface area (Å²) in [6.45, 7) is 2.16. The van der Waals surface area contributed by atoms with Crippen molar-refractivity contribution in [1.82, 2.24) is 5.32 Å². The predicted octanol–water partition coefficient (Wildman–Crippen LogP) is 5.22. The second-order valence-corrected chi connectivity index (χ2v) is 6.14. The fourth-order valence-corrected chi connectivity index (χ4v) is 3.21. The van der Waals surface area contributed by atoms with Crippen LogP contribution in [0.15, 0.2) is 65.1 Å². The van der Waals surface area contributed by atoms with E-state index in [4.69, 9.17) is 0 Å². The van der Waals surface area contributed by atoms with Gasteiger partial charge in [-0.3, -0.25) is 0 Å². The molecule has 1 unspecified atom stereocenters. The zero-order valence-corrected chi connectivity index (χ0v) is 13.8. The van der Waals surface area contributed by atoms with Crippen molar-refractivity contribution in [3.63, 3.8) is 0 Å². The molecule has 0 saturated carbocycles. The number of halogens is 1. The first kappa shape index (κ1) is 14.3. The molecule has 0 amide bonds. The standard InChI is InChI=1S/C19H18BrN/c1-13-17(8-5-9-18(13)20)19(21-2)16-11-10-14-6-3-4-7-15(14)12-16/h3-12,19,21H,1-2H3. The van der Waals surface area contributed by atoms with E-state index in [-0.39, 0.29) is 6.04 Å². The van der Waals surface area contributed by atoms with Crippen LogP contribution < -0.4 is 5.32 Å². The highest BCUT2D eigenvalue weighted by atomic mass is 79.9. The van der Waals surface area contributed by atoms with Crippen LogP contribution in [0.3, 0.4) is 0 Å². The van der Waals surface area contributed by atoms with Crippen LogP contribution in [0, 0.1) is 6.92 Å². The molecule has 0 aliphatic carbocycles. The van der Waals surface area contributed by atoms with Crippen LogP contribution in [-0.4, -0.2) is 7.05 Å². The van der Waals surface area contributed by atoms with Crippen molar-refractivity contribution in [2.45, 2.75) is 13.0 Å². The minimum atomic E-state index is 0.201. The molecule has 3 rings (SSSR count). The highest BCUT2D eigenvalue weighted by Gasteiger charge is 2.15. The molecule has 3 aromatic carbocycles. The molecule has 21 heavy (non-hydrogen) atoms. The van der Waals surface area contributed by atoms with Gasteiger partial charge in [-0.1, -0.05) is 64.5 Å². The van der Waals surface area contributed by atoms with Gasteiger partial charge in [-0.25, -0.2) is 0 Å². The number of benzene rings is 3. The molecule has 0 spiro atoms. The average molecular weight is 340 g/mol. The van der Waals surface area contributed by atoms with E-state index in [1.165, 1.54) is 27.5 Å². The first-order chi connectivity index (χ1) is 10.2. The molecule has 0 bridgehead atoms. The quantitative estimate of drug-likeness (QED) is 0.689. The van der Waals surface area contributed by atoms with Gasteiger partial charge in [0.15, 0.2) is 0 Å². The predicted molar refractivity (Wildman–Crippen MR) is 93.7 cm³/mol. The minimum absolute atomic E-state index is 0.201. The second-order valence-electron chi connectivity index (χ2n) is 5.28. The van der Waals surface area contributed by atoms with Crippen LogP contribution in [0.25, 0.3) is 10.8 Å². The van der Waals surface area contributed by atoms with Crippen molar-refractivity contribution in [2.75, 3.05) is 7.05 Å². The molecule has 0 heterocycles. The summed E-state index contributed by atoms with van der Waals surface area (Å²) in [6, 6.07) is 21.7. The molecule has 1 nitrogen and oxygen atoms in total. The molecule has 0 radical (unpaired) electrons. The maximum atomic E-state index is 3.63. The van der Waals surface area contributed by atoms with Gasteiger partial charge in [0.05, 0.1) is 6.04 Å². The Morgan fingerprint density at radius 3 is 2.43 bits per heavy atom. The van der Waals surface area contributed by atoms with Crippen molar-refractivity contribution >= 4 is 26.7 Å². The summed E-state index contributed by atoms with van der Waals surface area (Å²) in [5, 5.41) is 6.01. The van der Waals surface area contributed by atoms with Crippen LogP contribution in [-0.2, 0) is 0 Å². The number of fused-ring (bicyclic) bond motifs is 1. The SMILES string of the molecule is CNC(c1ccc2ccccc2c1)c1cccc(Br)c1C. The topological polar surface area (TPSA) is 12.0 Å². The molecule has 0 fully saturated rings. The average Bonchev–Trinajstić information content (AvgIpc) is 2.52. The maximum Gasteiger partial charge on any atom is 0.0577 e. The lowest BCUT2D eigenvalue weighted by molar-refractivity contribution is 0.688. The van der Waals surface area contributed by atoms with Crippen molar-refractivity contribution < 1.29 is 0 Å². The number of nitrogens with one attached hydrogen (secondary N) is 1. The molecule has 0 aliphatic heterocycles. The Morgan fingerprint density at radius 2 is 1.67 bits per heavy atom. The van der Waals surface area contributed by atoms with Gasteiger partial charge < -0.3 is 5.32 Å². The van der Waals surface area contributed by atoms with Gasteiger partial charge in [0, 0.05) is 4.47 Å². The Morgan fingerprint density at radius 1 is 0.905 bits per heavy atom. The molecule has 2 heteroatoms. The minimum Gasteiger partial charge on any atom is -0.309 e. The smallest absolute Gasteiger partial charge is 0.0577 e. The summed E-state index contributed by atoms with van der Waals surface area (Å²) < 4.78 is 1.15. The molecule has 106 valence electrons.